The van der Waals surface area contributed by atoms with Crippen LogP contribution in [-0.2, 0) is 4.74 Å². The van der Waals surface area contributed by atoms with Crippen molar-refractivity contribution in [3.05, 3.63) is 45.6 Å². The largest absolute Gasteiger partial charge is 0.379 e. The number of morpholine rings is 1. The van der Waals surface area contributed by atoms with Gasteiger partial charge in [0.15, 0.2) is 5.13 Å². The second kappa shape index (κ2) is 8.67. The highest BCUT2D eigenvalue weighted by Gasteiger charge is 2.22. The van der Waals surface area contributed by atoms with E-state index in [0.717, 1.165) is 59.5 Å². The molecule has 0 N–H and O–H groups in total. The van der Waals surface area contributed by atoms with Gasteiger partial charge in [-0.1, -0.05) is 29.0 Å². The van der Waals surface area contributed by atoms with E-state index in [-0.39, 0.29) is 5.91 Å². The molecule has 0 unspecified atom stereocenters. The topological polar surface area (TPSA) is 45.7 Å². The van der Waals surface area contributed by atoms with E-state index >= 15 is 0 Å². The summed E-state index contributed by atoms with van der Waals surface area (Å²) in [6, 6.07) is 9.41. The number of nitrogens with zero attached hydrogens (tertiary/aromatic N) is 3. The van der Waals surface area contributed by atoms with E-state index in [1.165, 1.54) is 22.7 Å². The number of fused-ring (bicyclic) bond motifs is 1. The Morgan fingerprint density at radius 3 is 2.93 bits per heavy atom. The molecule has 1 fully saturated rings. The highest BCUT2D eigenvalue weighted by molar-refractivity contribution is 7.22. The molecule has 0 aliphatic carbocycles. The van der Waals surface area contributed by atoms with Crippen molar-refractivity contribution in [1.82, 2.24) is 9.88 Å². The number of thiophene rings is 1. The SMILES string of the molecule is O=C(c1cccs1)N(CCCN1CCOCC1)c1nc2ccc(Cl)cc2s1. The molecule has 27 heavy (non-hydrogen) atoms. The zero-order valence-electron chi connectivity index (χ0n) is 14.8. The van der Waals surface area contributed by atoms with Crippen LogP contribution in [0.2, 0.25) is 5.02 Å². The number of rotatable bonds is 6. The first-order valence-electron chi connectivity index (χ1n) is 8.92. The zero-order valence-corrected chi connectivity index (χ0v) is 17.2. The summed E-state index contributed by atoms with van der Waals surface area (Å²) in [5.41, 5.74) is 0.872. The molecule has 142 valence electrons. The predicted octanol–water partition coefficient (Wildman–Crippen LogP) is 4.38. The zero-order chi connectivity index (χ0) is 18.6. The molecule has 1 aliphatic heterocycles. The van der Waals surface area contributed by atoms with E-state index in [0.29, 0.717) is 11.6 Å². The molecular formula is C19H20ClN3O2S2. The molecule has 0 atom stereocenters. The minimum Gasteiger partial charge on any atom is -0.379 e. The van der Waals surface area contributed by atoms with Crippen LogP contribution in [-0.4, -0.2) is 55.2 Å². The van der Waals surface area contributed by atoms with Gasteiger partial charge in [-0.05, 0) is 36.1 Å². The molecule has 1 aliphatic rings. The molecule has 0 bridgehead atoms. The lowest BCUT2D eigenvalue weighted by Crippen LogP contribution is -2.39. The van der Waals surface area contributed by atoms with E-state index in [9.17, 15) is 4.79 Å². The first kappa shape index (κ1) is 18.8. The van der Waals surface area contributed by atoms with Gasteiger partial charge in [0.05, 0.1) is 28.3 Å². The predicted molar refractivity (Wildman–Crippen MR) is 113 cm³/mol. The number of hydrogen-bond donors (Lipinski definition) is 0. The molecule has 1 aromatic carbocycles. The summed E-state index contributed by atoms with van der Waals surface area (Å²) in [6.45, 7) is 5.08. The van der Waals surface area contributed by atoms with Gasteiger partial charge < -0.3 is 4.74 Å². The summed E-state index contributed by atoms with van der Waals surface area (Å²) in [6.07, 6.45) is 0.897. The molecule has 0 spiro atoms. The Kier molecular flexibility index (Phi) is 6.04. The second-order valence-electron chi connectivity index (χ2n) is 6.35. The van der Waals surface area contributed by atoms with E-state index in [4.69, 9.17) is 16.3 Å². The third kappa shape index (κ3) is 4.50. The Labute approximate surface area is 171 Å². The van der Waals surface area contributed by atoms with Crippen LogP contribution >= 0.6 is 34.3 Å². The lowest BCUT2D eigenvalue weighted by molar-refractivity contribution is 0.0376. The molecule has 3 heterocycles. The van der Waals surface area contributed by atoms with E-state index in [1.807, 2.05) is 40.6 Å². The summed E-state index contributed by atoms with van der Waals surface area (Å²) in [5.74, 6) is 0.0112. The molecule has 1 amide bonds. The average molecular weight is 422 g/mol. The van der Waals surface area contributed by atoms with Crippen LogP contribution in [0, 0.1) is 0 Å². The van der Waals surface area contributed by atoms with Crippen molar-refractivity contribution in [2.75, 3.05) is 44.3 Å². The van der Waals surface area contributed by atoms with Crippen molar-refractivity contribution in [3.8, 4) is 0 Å². The monoisotopic (exact) mass is 421 g/mol. The molecule has 0 saturated carbocycles. The van der Waals surface area contributed by atoms with Crippen molar-refractivity contribution >= 4 is 55.5 Å². The van der Waals surface area contributed by atoms with Crippen molar-refractivity contribution in [1.29, 1.82) is 0 Å². The fourth-order valence-corrected chi connectivity index (χ4v) is 5.03. The number of hydrogen-bond acceptors (Lipinski definition) is 6. The highest BCUT2D eigenvalue weighted by atomic mass is 35.5. The summed E-state index contributed by atoms with van der Waals surface area (Å²) in [7, 11) is 0. The number of carbonyl (C=O) groups excluding carboxylic acids is 1. The Bertz CT molecular complexity index is 907. The van der Waals surface area contributed by atoms with Crippen molar-refractivity contribution in [2.24, 2.45) is 0 Å². The van der Waals surface area contributed by atoms with Gasteiger partial charge in [-0.3, -0.25) is 14.6 Å². The average Bonchev–Trinajstić information content (AvgIpc) is 3.35. The van der Waals surface area contributed by atoms with Gasteiger partial charge in [-0.2, -0.15) is 0 Å². The Balaban J connectivity index is 1.53. The number of ether oxygens (including phenoxy) is 1. The van der Waals surface area contributed by atoms with Crippen molar-refractivity contribution in [2.45, 2.75) is 6.42 Å². The van der Waals surface area contributed by atoms with Gasteiger partial charge in [0.1, 0.15) is 0 Å². The van der Waals surface area contributed by atoms with Crippen LogP contribution in [0.1, 0.15) is 16.1 Å². The second-order valence-corrected chi connectivity index (χ2v) is 8.74. The fraction of sp³-hybridized carbons (Fsp3) is 0.368. The lowest BCUT2D eigenvalue weighted by Gasteiger charge is -2.27. The van der Waals surface area contributed by atoms with Gasteiger partial charge in [0.2, 0.25) is 0 Å². The van der Waals surface area contributed by atoms with Crippen LogP contribution in [0.5, 0.6) is 0 Å². The van der Waals surface area contributed by atoms with Crippen molar-refractivity contribution < 1.29 is 9.53 Å². The first-order chi connectivity index (χ1) is 13.2. The van der Waals surface area contributed by atoms with Crippen LogP contribution in [0.3, 0.4) is 0 Å². The van der Waals surface area contributed by atoms with Crippen LogP contribution in [0.15, 0.2) is 35.7 Å². The quantitative estimate of drug-likeness (QED) is 0.592. The number of carbonyl (C=O) groups is 1. The number of anilines is 1. The van der Waals surface area contributed by atoms with Gasteiger partial charge in [0, 0.05) is 31.2 Å². The third-order valence-electron chi connectivity index (χ3n) is 4.51. The fourth-order valence-electron chi connectivity index (χ4n) is 3.10. The van der Waals surface area contributed by atoms with Gasteiger partial charge in [-0.15, -0.1) is 11.3 Å². The van der Waals surface area contributed by atoms with Crippen molar-refractivity contribution in [3.63, 3.8) is 0 Å². The normalized spacial score (nSPS) is 15.3. The van der Waals surface area contributed by atoms with Gasteiger partial charge in [0.25, 0.3) is 5.91 Å². The van der Waals surface area contributed by atoms with E-state index in [2.05, 4.69) is 9.88 Å². The minimum absolute atomic E-state index is 0.0112. The van der Waals surface area contributed by atoms with Gasteiger partial charge >= 0.3 is 0 Å². The third-order valence-corrected chi connectivity index (χ3v) is 6.64. The number of benzene rings is 1. The molecule has 0 radical (unpaired) electrons. The maximum atomic E-state index is 13.1. The summed E-state index contributed by atoms with van der Waals surface area (Å²) in [5, 5.41) is 3.34. The minimum atomic E-state index is 0.0112. The summed E-state index contributed by atoms with van der Waals surface area (Å²) in [4.78, 5) is 22.7. The molecule has 8 heteroatoms. The number of amides is 1. The lowest BCUT2D eigenvalue weighted by atomic mass is 10.3. The number of aromatic nitrogens is 1. The summed E-state index contributed by atoms with van der Waals surface area (Å²) < 4.78 is 6.40. The van der Waals surface area contributed by atoms with Gasteiger partial charge in [-0.25, -0.2) is 4.98 Å². The summed E-state index contributed by atoms with van der Waals surface area (Å²) >= 11 is 9.08. The maximum Gasteiger partial charge on any atom is 0.270 e. The molecular weight excluding hydrogens is 402 g/mol. The van der Waals surface area contributed by atoms with Crippen LogP contribution < -0.4 is 4.90 Å². The maximum absolute atomic E-state index is 13.1. The standard InChI is InChI=1S/C19H20ClN3O2S2/c20-14-4-5-15-17(13-14)27-19(21-15)23(18(24)16-3-1-12-26-16)7-2-6-22-8-10-25-11-9-22/h1,3-5,12-13H,2,6-11H2. The molecule has 5 nitrogen and oxygen atoms in total. The van der Waals surface area contributed by atoms with E-state index < -0.39 is 0 Å². The van der Waals surface area contributed by atoms with E-state index in [1.54, 1.807) is 0 Å². The molecule has 2 aromatic heterocycles. The smallest absolute Gasteiger partial charge is 0.270 e. The molecule has 1 saturated heterocycles. The Morgan fingerprint density at radius 2 is 2.15 bits per heavy atom. The van der Waals surface area contributed by atoms with Crippen LogP contribution in [0.25, 0.3) is 10.2 Å². The number of halogens is 1. The highest BCUT2D eigenvalue weighted by Crippen LogP contribution is 2.32. The van der Waals surface area contributed by atoms with Crippen LogP contribution in [0.4, 0.5) is 5.13 Å². The first-order valence-corrected chi connectivity index (χ1v) is 11.0. The Morgan fingerprint density at radius 1 is 1.30 bits per heavy atom. The Hall–Kier alpha value is -1.51. The molecule has 4 rings (SSSR count). The number of thiazole rings is 1. The molecule has 3 aromatic rings.